The molecule has 3 aromatic carbocycles. The van der Waals surface area contributed by atoms with Crippen molar-refractivity contribution in [3.05, 3.63) is 91.0 Å². The molecule has 7 nitrogen and oxygen atoms in total. The molecule has 0 amide bonds. The first-order valence-corrected chi connectivity index (χ1v) is 27.5. The Labute approximate surface area is 314 Å². The topological polar surface area (TPSA) is 64.6 Å². The summed E-state index contributed by atoms with van der Waals surface area (Å²) in [5.74, 6) is 0. The Morgan fingerprint density at radius 2 is 0.529 bits per heavy atom. The average Bonchev–Trinajstić information content (AvgIpc) is 3.20. The van der Waals surface area contributed by atoms with Crippen molar-refractivity contribution in [2.24, 2.45) is 0 Å². The van der Waals surface area contributed by atoms with E-state index in [0.717, 1.165) is 56.7 Å². The van der Waals surface area contributed by atoms with Gasteiger partial charge in [-0.1, -0.05) is 149 Å². The van der Waals surface area contributed by atoms with Crippen LogP contribution in [0.2, 0.25) is 36.3 Å². The van der Waals surface area contributed by atoms with Gasteiger partial charge < -0.3 is 31.0 Å². The molecule has 0 aromatic heterocycles. The van der Waals surface area contributed by atoms with Gasteiger partial charge in [-0.3, -0.25) is 0 Å². The summed E-state index contributed by atoms with van der Waals surface area (Å²) in [6, 6.07) is 38.0. The van der Waals surface area contributed by atoms with E-state index < -0.39 is 34.0 Å². The second kappa shape index (κ2) is 23.1. The summed E-state index contributed by atoms with van der Waals surface area (Å²) in [6.45, 7) is 0. The van der Waals surface area contributed by atoms with Crippen molar-refractivity contribution >= 4 is 49.6 Å². The van der Waals surface area contributed by atoms with E-state index in [1.54, 1.807) is 0 Å². The summed E-state index contributed by atoms with van der Waals surface area (Å²) in [5, 5.41) is 3.62. The molecule has 284 valence electrons. The van der Waals surface area contributed by atoms with E-state index >= 15 is 0 Å². The van der Waals surface area contributed by atoms with Crippen molar-refractivity contribution in [1.29, 1.82) is 0 Å². The van der Waals surface area contributed by atoms with Crippen LogP contribution < -0.4 is 15.6 Å². The van der Waals surface area contributed by atoms with Crippen LogP contribution >= 0.6 is 0 Å². The van der Waals surface area contributed by atoms with Crippen LogP contribution in [0.15, 0.2) is 91.0 Å². The summed E-state index contributed by atoms with van der Waals surface area (Å²) in [6.07, 6.45) is 10.3. The van der Waals surface area contributed by atoms with Crippen LogP contribution in [0, 0.1) is 0 Å². The van der Waals surface area contributed by atoms with Gasteiger partial charge in [0.05, 0.1) is 0 Å². The Balaban J connectivity index is 1.60. The molecule has 0 spiro atoms. The van der Waals surface area contributed by atoms with Crippen molar-refractivity contribution in [2.45, 2.75) is 94.1 Å². The molecule has 0 atom stereocenters. The van der Waals surface area contributed by atoms with Gasteiger partial charge in [-0.2, -0.15) is 0 Å². The molecule has 3 aromatic rings. The van der Waals surface area contributed by atoms with E-state index in [2.05, 4.69) is 91.0 Å². The van der Waals surface area contributed by atoms with Crippen LogP contribution in [0.4, 0.5) is 0 Å². The number of benzene rings is 3. The van der Waals surface area contributed by atoms with Gasteiger partial charge in [0, 0.05) is 49.8 Å². The van der Waals surface area contributed by atoms with Crippen LogP contribution in [0.3, 0.4) is 0 Å². The molecule has 3 rings (SSSR count). The van der Waals surface area contributed by atoms with Crippen LogP contribution in [0.1, 0.15) is 57.8 Å². The second-order valence-electron chi connectivity index (χ2n) is 13.7. The molecular formula is C40H66O7Si4. The Morgan fingerprint density at radius 1 is 0.294 bits per heavy atom. The van der Waals surface area contributed by atoms with Crippen LogP contribution in [-0.4, -0.2) is 83.8 Å². The third-order valence-corrected chi connectivity index (χ3v) is 26.3. The predicted molar refractivity (Wildman–Crippen MR) is 221 cm³/mol. The van der Waals surface area contributed by atoms with E-state index in [9.17, 15) is 0 Å². The maximum atomic E-state index is 6.63. The van der Waals surface area contributed by atoms with Crippen molar-refractivity contribution in [2.75, 3.05) is 49.8 Å². The van der Waals surface area contributed by atoms with Crippen molar-refractivity contribution in [1.82, 2.24) is 0 Å². The Hall–Kier alpha value is -1.75. The summed E-state index contributed by atoms with van der Waals surface area (Å²) in [7, 11) is 3.59. The number of hydrogen-bond donors (Lipinski definition) is 0. The first kappa shape index (κ1) is 43.7. The summed E-state index contributed by atoms with van der Waals surface area (Å²) in [4.78, 5) is 0. The van der Waals surface area contributed by atoms with Gasteiger partial charge in [0.2, 0.25) is 0 Å². The molecule has 0 fully saturated rings. The lowest BCUT2D eigenvalue weighted by molar-refractivity contribution is 0.255. The lowest BCUT2D eigenvalue weighted by Gasteiger charge is -2.32. The highest BCUT2D eigenvalue weighted by Crippen LogP contribution is 2.32. The van der Waals surface area contributed by atoms with Crippen LogP contribution in [0.5, 0.6) is 0 Å². The van der Waals surface area contributed by atoms with Gasteiger partial charge in [0.1, 0.15) is 0 Å². The zero-order valence-corrected chi connectivity index (χ0v) is 36.6. The van der Waals surface area contributed by atoms with Gasteiger partial charge in [-0.05, 0) is 51.8 Å². The summed E-state index contributed by atoms with van der Waals surface area (Å²) < 4.78 is 43.2. The fraction of sp³-hybridized carbons (Fsp3) is 0.550. The molecule has 0 saturated heterocycles. The second-order valence-corrected chi connectivity index (χ2v) is 28.1. The summed E-state index contributed by atoms with van der Waals surface area (Å²) >= 11 is 0. The van der Waals surface area contributed by atoms with Crippen molar-refractivity contribution < 1.29 is 31.0 Å². The molecule has 0 aliphatic heterocycles. The van der Waals surface area contributed by atoms with Gasteiger partial charge >= 0.3 is 25.7 Å². The van der Waals surface area contributed by atoms with E-state index in [1.807, 2.05) is 49.8 Å². The Morgan fingerprint density at radius 3 is 0.745 bits per heavy atom. The van der Waals surface area contributed by atoms with Crippen LogP contribution in [0.25, 0.3) is 0 Å². The van der Waals surface area contributed by atoms with E-state index in [1.165, 1.54) is 53.0 Å². The Bertz CT molecular complexity index is 1150. The minimum atomic E-state index is -2.43. The first-order chi connectivity index (χ1) is 24.9. The van der Waals surface area contributed by atoms with E-state index in [0.29, 0.717) is 0 Å². The number of hydrogen-bond acceptors (Lipinski definition) is 7. The first-order valence-electron chi connectivity index (χ1n) is 18.9. The summed E-state index contributed by atoms with van der Waals surface area (Å²) in [5.41, 5.74) is 0. The van der Waals surface area contributed by atoms with E-state index in [-0.39, 0.29) is 0 Å². The fourth-order valence-electron chi connectivity index (χ4n) is 7.70. The van der Waals surface area contributed by atoms with Crippen molar-refractivity contribution in [3.63, 3.8) is 0 Å². The third kappa shape index (κ3) is 12.4. The average molecular weight is 771 g/mol. The lowest BCUT2D eigenvalue weighted by atomic mass is 10.3. The smallest absolute Gasteiger partial charge is 0.371 e. The normalized spacial score (nSPS) is 12.8. The molecular weight excluding hydrogens is 705 g/mol. The monoisotopic (exact) mass is 770 g/mol. The molecule has 0 N–H and O–H groups in total. The molecule has 0 unspecified atom stereocenters. The number of rotatable bonds is 28. The highest BCUT2D eigenvalue weighted by atomic mass is 28.4. The molecule has 11 heteroatoms. The van der Waals surface area contributed by atoms with Gasteiger partial charge in [-0.15, -0.1) is 0 Å². The third-order valence-electron chi connectivity index (χ3n) is 11.0. The predicted octanol–water partition coefficient (Wildman–Crippen LogP) is 8.02. The molecule has 51 heavy (non-hydrogen) atoms. The molecule has 0 aliphatic carbocycles. The van der Waals surface area contributed by atoms with Crippen molar-refractivity contribution in [3.8, 4) is 0 Å². The molecule has 0 radical (unpaired) electrons. The lowest BCUT2D eigenvalue weighted by Crippen LogP contribution is -2.52. The van der Waals surface area contributed by atoms with Crippen LogP contribution in [-0.2, 0) is 31.0 Å². The zero-order valence-electron chi connectivity index (χ0n) is 32.6. The maximum absolute atomic E-state index is 6.63. The minimum Gasteiger partial charge on any atom is -0.420 e. The standard InChI is InChI=1S/C40H66O7Si4/c1-41-48(32-20-11-23-35-49(42-2,43-3)38-26-14-8-15-27-38,33-21-12-24-36-50(44-4,45-5)39-28-16-9-17-29-39)34-22-13-25-37-51(46-6,47-7)40-30-18-10-19-31-40/h8-10,14-19,26-31H,11-13,20-25,32-37H2,1-7H3. The quantitative estimate of drug-likeness (QED) is 0.0548. The Kier molecular flexibility index (Phi) is 19.8. The fourth-order valence-corrected chi connectivity index (χ4v) is 20.0. The zero-order chi connectivity index (χ0) is 36.9. The largest absolute Gasteiger partial charge is 0.420 e. The SMILES string of the molecule is CO[Si](CCCCC[Si](OC)(OC)c1ccccc1)(CCCCC[Si](OC)(OC)c1ccccc1)CCCCC[Si](OC)(OC)c1ccccc1. The van der Waals surface area contributed by atoms with Gasteiger partial charge in [0.25, 0.3) is 0 Å². The van der Waals surface area contributed by atoms with Gasteiger partial charge in [-0.25, -0.2) is 0 Å². The minimum absolute atomic E-state index is 0.962. The molecule has 0 aliphatic rings. The number of unbranched alkanes of at least 4 members (excludes halogenated alkanes) is 6. The van der Waals surface area contributed by atoms with Gasteiger partial charge in [0.15, 0.2) is 8.32 Å². The molecule has 0 bridgehead atoms. The molecule has 0 heterocycles. The maximum Gasteiger partial charge on any atom is 0.371 e. The highest BCUT2D eigenvalue weighted by Gasteiger charge is 2.40. The van der Waals surface area contributed by atoms with E-state index in [4.69, 9.17) is 31.0 Å². The highest BCUT2D eigenvalue weighted by molar-refractivity contribution is 6.82. The molecule has 0 saturated carbocycles.